The Morgan fingerprint density at radius 3 is 2.11 bits per heavy atom. The Labute approximate surface area is 213 Å². The van der Waals surface area contributed by atoms with Crippen molar-refractivity contribution in [1.29, 1.82) is 0 Å². The van der Waals surface area contributed by atoms with Gasteiger partial charge >= 0.3 is 5.97 Å². The van der Waals surface area contributed by atoms with Crippen LogP contribution in [-0.4, -0.2) is 36.9 Å². The van der Waals surface area contributed by atoms with Gasteiger partial charge in [0.25, 0.3) is 0 Å². The van der Waals surface area contributed by atoms with Crippen molar-refractivity contribution in [1.82, 2.24) is 4.98 Å². The highest BCUT2D eigenvalue weighted by Crippen LogP contribution is 2.43. The van der Waals surface area contributed by atoms with E-state index < -0.39 is 5.97 Å². The molecular formula is C27H25NO5S2. The number of thiazole rings is 1. The number of carbonyl (C=O) groups is 1. The first kappa shape index (κ1) is 24.6. The number of hydrogen-bond donors (Lipinski definition) is 2. The number of aryl methyl sites for hydroxylation is 1. The van der Waals surface area contributed by atoms with Gasteiger partial charge in [-0.25, -0.2) is 9.78 Å². The molecule has 3 aromatic carbocycles. The molecule has 180 valence electrons. The highest BCUT2D eigenvalue weighted by molar-refractivity contribution is 7.81. The van der Waals surface area contributed by atoms with Crippen molar-refractivity contribution in [2.45, 2.75) is 12.2 Å². The number of rotatable bonds is 9. The quantitative estimate of drug-likeness (QED) is 0.260. The second-order valence-corrected chi connectivity index (χ2v) is 9.34. The van der Waals surface area contributed by atoms with Gasteiger partial charge in [0.05, 0.1) is 30.0 Å². The van der Waals surface area contributed by atoms with E-state index in [1.807, 2.05) is 67.6 Å². The van der Waals surface area contributed by atoms with Crippen LogP contribution in [0.3, 0.4) is 0 Å². The van der Waals surface area contributed by atoms with Crippen LogP contribution in [0.4, 0.5) is 0 Å². The summed E-state index contributed by atoms with van der Waals surface area (Å²) >= 11 is 6.49. The molecule has 0 saturated carbocycles. The van der Waals surface area contributed by atoms with Gasteiger partial charge in [0.15, 0.2) is 6.61 Å². The molecule has 4 rings (SSSR count). The molecule has 1 atom stereocenters. The Balaban J connectivity index is 1.72. The summed E-state index contributed by atoms with van der Waals surface area (Å²) in [5, 5.41) is 9.46. The SMILES string of the molecule is COc1ccc(-c2nc(C(S)c3ccc(OCC(=O)O)c(C)c3)sc2-c2ccc(OC)cc2)cc1. The minimum atomic E-state index is -1.01. The lowest BCUT2D eigenvalue weighted by atomic mass is 10.1. The molecule has 1 aromatic heterocycles. The van der Waals surface area contributed by atoms with Crippen LogP contribution in [-0.2, 0) is 4.79 Å². The number of aliphatic carboxylic acids is 1. The van der Waals surface area contributed by atoms with Gasteiger partial charge < -0.3 is 19.3 Å². The van der Waals surface area contributed by atoms with Crippen LogP contribution in [0.25, 0.3) is 21.7 Å². The van der Waals surface area contributed by atoms with E-state index in [2.05, 4.69) is 0 Å². The maximum Gasteiger partial charge on any atom is 0.341 e. The average molecular weight is 508 g/mol. The van der Waals surface area contributed by atoms with E-state index in [1.165, 1.54) is 0 Å². The van der Waals surface area contributed by atoms with Crippen molar-refractivity contribution in [3.63, 3.8) is 0 Å². The van der Waals surface area contributed by atoms with Crippen molar-refractivity contribution >= 4 is 29.9 Å². The van der Waals surface area contributed by atoms with Gasteiger partial charge in [-0.1, -0.05) is 12.1 Å². The number of thiol groups is 1. The number of nitrogens with zero attached hydrogens (tertiary/aromatic N) is 1. The molecular weight excluding hydrogens is 482 g/mol. The predicted molar refractivity (Wildman–Crippen MR) is 141 cm³/mol. The van der Waals surface area contributed by atoms with Gasteiger partial charge in [0.1, 0.15) is 22.3 Å². The van der Waals surface area contributed by atoms with Gasteiger partial charge in [-0.3, -0.25) is 0 Å². The molecule has 0 radical (unpaired) electrons. The van der Waals surface area contributed by atoms with E-state index in [4.69, 9.17) is 36.9 Å². The van der Waals surface area contributed by atoms with E-state index in [9.17, 15) is 4.79 Å². The third kappa shape index (κ3) is 5.61. The van der Waals surface area contributed by atoms with E-state index in [0.717, 1.165) is 49.3 Å². The van der Waals surface area contributed by atoms with Gasteiger partial charge in [-0.15, -0.1) is 11.3 Å². The molecule has 0 fully saturated rings. The summed E-state index contributed by atoms with van der Waals surface area (Å²) in [6, 6.07) is 21.4. The lowest BCUT2D eigenvalue weighted by molar-refractivity contribution is -0.139. The first-order valence-electron chi connectivity index (χ1n) is 10.8. The summed E-state index contributed by atoms with van der Waals surface area (Å²) < 4.78 is 16.0. The normalized spacial score (nSPS) is 11.7. The average Bonchev–Trinajstić information content (AvgIpc) is 3.33. The van der Waals surface area contributed by atoms with Crippen molar-refractivity contribution in [2.75, 3.05) is 20.8 Å². The summed E-state index contributed by atoms with van der Waals surface area (Å²) in [6.45, 7) is 1.50. The summed E-state index contributed by atoms with van der Waals surface area (Å²) in [7, 11) is 3.29. The molecule has 6 nitrogen and oxygen atoms in total. The molecule has 1 N–H and O–H groups in total. The number of carboxylic acids is 1. The zero-order chi connectivity index (χ0) is 24.9. The van der Waals surface area contributed by atoms with Gasteiger partial charge in [-0.05, 0) is 78.2 Å². The minimum Gasteiger partial charge on any atom is -0.497 e. The Hall–Kier alpha value is -3.49. The van der Waals surface area contributed by atoms with Crippen LogP contribution < -0.4 is 14.2 Å². The van der Waals surface area contributed by atoms with Crippen LogP contribution in [0.15, 0.2) is 66.7 Å². The molecule has 0 saturated heterocycles. The molecule has 0 amide bonds. The number of ether oxygens (including phenoxy) is 3. The largest absolute Gasteiger partial charge is 0.497 e. The third-order valence-corrected chi connectivity index (χ3v) is 7.35. The fraction of sp³-hybridized carbons (Fsp3) is 0.185. The van der Waals surface area contributed by atoms with Crippen LogP contribution in [0.5, 0.6) is 17.2 Å². The number of carboxylic acid groups (broad SMARTS) is 1. The Bertz CT molecular complexity index is 1250. The van der Waals surface area contributed by atoms with Crippen LogP contribution in [0.2, 0.25) is 0 Å². The lowest BCUT2D eigenvalue weighted by Gasteiger charge is -2.12. The number of aromatic nitrogens is 1. The number of hydrogen-bond acceptors (Lipinski definition) is 7. The minimum absolute atomic E-state index is 0.267. The summed E-state index contributed by atoms with van der Waals surface area (Å²) in [5.74, 6) is 1.09. The molecule has 35 heavy (non-hydrogen) atoms. The first-order valence-corrected chi connectivity index (χ1v) is 12.2. The van der Waals surface area contributed by atoms with Crippen LogP contribution in [0, 0.1) is 6.92 Å². The van der Waals surface area contributed by atoms with Crippen molar-refractivity contribution < 1.29 is 24.1 Å². The van der Waals surface area contributed by atoms with Crippen molar-refractivity contribution in [2.24, 2.45) is 0 Å². The Kier molecular flexibility index (Phi) is 7.63. The third-order valence-electron chi connectivity index (χ3n) is 5.46. The zero-order valence-electron chi connectivity index (χ0n) is 19.5. The molecule has 0 aliphatic rings. The second kappa shape index (κ2) is 10.8. The topological polar surface area (TPSA) is 77.9 Å². The number of benzene rings is 3. The second-order valence-electron chi connectivity index (χ2n) is 7.80. The van der Waals surface area contributed by atoms with Gasteiger partial charge in [-0.2, -0.15) is 12.6 Å². The Morgan fingerprint density at radius 2 is 1.57 bits per heavy atom. The smallest absolute Gasteiger partial charge is 0.341 e. The Morgan fingerprint density at radius 1 is 0.971 bits per heavy atom. The first-order chi connectivity index (χ1) is 16.9. The van der Waals surface area contributed by atoms with Gasteiger partial charge in [0.2, 0.25) is 0 Å². The van der Waals surface area contributed by atoms with E-state index >= 15 is 0 Å². The lowest BCUT2D eigenvalue weighted by Crippen LogP contribution is -2.10. The zero-order valence-corrected chi connectivity index (χ0v) is 21.2. The standard InChI is InChI=1S/C27H25NO5S2/c1-16-14-19(8-13-22(16)33-15-23(29)30)25(34)27-28-24(17-4-9-20(31-2)10-5-17)26(35-27)18-6-11-21(32-3)12-7-18/h4-14,25,34H,15H2,1-3H3,(H,29,30). The predicted octanol–water partition coefficient (Wildman–Crippen LogP) is 6.29. The molecule has 0 spiro atoms. The summed E-state index contributed by atoms with van der Waals surface area (Å²) in [6.07, 6.45) is 0. The van der Waals surface area contributed by atoms with Crippen LogP contribution in [0.1, 0.15) is 21.4 Å². The summed E-state index contributed by atoms with van der Waals surface area (Å²) in [4.78, 5) is 16.9. The molecule has 4 aromatic rings. The fourth-order valence-electron chi connectivity index (χ4n) is 3.62. The maximum atomic E-state index is 10.8. The molecule has 0 aliphatic heterocycles. The molecule has 0 aliphatic carbocycles. The highest BCUT2D eigenvalue weighted by atomic mass is 32.1. The van der Waals surface area contributed by atoms with E-state index in [0.29, 0.717) is 5.75 Å². The van der Waals surface area contributed by atoms with Crippen molar-refractivity contribution in [3.05, 3.63) is 82.9 Å². The van der Waals surface area contributed by atoms with E-state index in [-0.39, 0.29) is 11.9 Å². The number of methoxy groups -OCH3 is 2. The molecule has 0 bridgehead atoms. The van der Waals surface area contributed by atoms with Gasteiger partial charge in [0, 0.05) is 5.56 Å². The monoisotopic (exact) mass is 507 g/mol. The highest BCUT2D eigenvalue weighted by Gasteiger charge is 2.21. The fourth-order valence-corrected chi connectivity index (χ4v) is 5.11. The molecule has 1 heterocycles. The van der Waals surface area contributed by atoms with E-state index in [1.54, 1.807) is 31.6 Å². The van der Waals surface area contributed by atoms with Crippen LogP contribution >= 0.6 is 24.0 Å². The summed E-state index contributed by atoms with van der Waals surface area (Å²) in [5.41, 5.74) is 4.67. The molecule has 1 unspecified atom stereocenters. The van der Waals surface area contributed by atoms with Crippen molar-refractivity contribution in [3.8, 4) is 38.9 Å². The maximum absolute atomic E-state index is 10.8. The molecule has 8 heteroatoms.